The van der Waals surface area contributed by atoms with E-state index in [0.29, 0.717) is 32.2 Å². The molecule has 5 aliphatic carbocycles. The lowest BCUT2D eigenvalue weighted by atomic mass is 9.49. The Morgan fingerprint density at radius 1 is 1.15 bits per heavy atom. The summed E-state index contributed by atoms with van der Waals surface area (Å²) in [5.41, 5.74) is -3.56. The fourth-order valence-corrected chi connectivity index (χ4v) is 9.14. The van der Waals surface area contributed by atoms with Crippen molar-refractivity contribution in [1.29, 1.82) is 0 Å². The van der Waals surface area contributed by atoms with Gasteiger partial charge in [0.15, 0.2) is 5.60 Å². The van der Waals surface area contributed by atoms with Crippen LogP contribution in [0.15, 0.2) is 12.2 Å². The first-order valence-electron chi connectivity index (χ1n) is 12.2. The Morgan fingerprint density at radius 2 is 1.94 bits per heavy atom. The normalized spacial score (nSPS) is 54.3. The second kappa shape index (κ2) is 6.88. The Hall–Kier alpha value is -1.32. The van der Waals surface area contributed by atoms with E-state index in [1.165, 1.54) is 0 Å². The number of piperidine rings is 1. The molecule has 7 aliphatic rings. The van der Waals surface area contributed by atoms with Gasteiger partial charge in [-0.1, -0.05) is 19.1 Å². The standard InChI is InChI=1S/C25H35NO7/c1-6-26-20-24-16(27)11-14-7-10-23(12-15(14)29-3)25(20,33-13-32-23)19(31-5)18(24)22(2,21(26)28)9-8-17(24)30-4/h7,10,14-15,17-20H,6,8-9,11-13H2,1-5H3/t14-,15+,17+,18-,19+,20+,22-,23+,24+,25-/m1/s1. The zero-order valence-corrected chi connectivity index (χ0v) is 20.2. The molecule has 7 bridgehead atoms. The quantitative estimate of drug-likeness (QED) is 0.590. The average Bonchev–Trinajstić information content (AvgIpc) is 3.29. The van der Waals surface area contributed by atoms with Gasteiger partial charge in [0.1, 0.15) is 18.2 Å². The molecule has 182 valence electrons. The Morgan fingerprint density at radius 3 is 2.61 bits per heavy atom. The number of amides is 1. The van der Waals surface area contributed by atoms with Crippen LogP contribution < -0.4 is 0 Å². The summed E-state index contributed by atoms with van der Waals surface area (Å²) in [7, 11) is 5.06. The predicted molar refractivity (Wildman–Crippen MR) is 116 cm³/mol. The van der Waals surface area contributed by atoms with Crippen molar-refractivity contribution < 1.29 is 33.3 Å². The topological polar surface area (TPSA) is 83.5 Å². The molecule has 0 unspecified atom stereocenters. The van der Waals surface area contributed by atoms with Crippen LogP contribution in [0.25, 0.3) is 0 Å². The fourth-order valence-electron chi connectivity index (χ4n) is 9.14. The van der Waals surface area contributed by atoms with Crippen molar-refractivity contribution in [3.63, 3.8) is 0 Å². The fraction of sp³-hybridized carbons (Fsp3) is 0.840. The second-order valence-electron chi connectivity index (χ2n) is 11.0. The Labute approximate surface area is 194 Å². The molecular formula is C25H35NO7. The number of likely N-dealkylation sites (tertiary alicyclic amines) is 1. The second-order valence-corrected chi connectivity index (χ2v) is 11.0. The van der Waals surface area contributed by atoms with Gasteiger partial charge in [0.25, 0.3) is 0 Å². The highest BCUT2D eigenvalue weighted by atomic mass is 16.7. The number of ketones is 1. The summed E-state index contributed by atoms with van der Waals surface area (Å²) < 4.78 is 31.5. The van der Waals surface area contributed by atoms with Crippen molar-refractivity contribution in [1.82, 2.24) is 4.90 Å². The van der Waals surface area contributed by atoms with Gasteiger partial charge in [0.05, 0.1) is 35.2 Å². The molecule has 33 heavy (non-hydrogen) atoms. The summed E-state index contributed by atoms with van der Waals surface area (Å²) in [4.78, 5) is 30.7. The monoisotopic (exact) mass is 461 g/mol. The largest absolute Gasteiger partial charge is 0.381 e. The highest BCUT2D eigenvalue weighted by molar-refractivity contribution is 5.95. The third-order valence-corrected chi connectivity index (χ3v) is 10.3. The Kier molecular flexibility index (Phi) is 4.62. The maximum Gasteiger partial charge on any atom is 0.229 e. The molecule has 5 fully saturated rings. The molecule has 8 nitrogen and oxygen atoms in total. The first-order valence-corrected chi connectivity index (χ1v) is 12.2. The summed E-state index contributed by atoms with van der Waals surface area (Å²) in [6, 6.07) is -0.537. The first kappa shape index (κ1) is 22.2. The third kappa shape index (κ3) is 2.14. The smallest absolute Gasteiger partial charge is 0.229 e. The number of fused-ring (bicyclic) bond motifs is 2. The number of likely N-dealkylation sites (N-methyl/N-ethyl adjacent to an activating group) is 1. The van der Waals surface area contributed by atoms with Gasteiger partial charge in [-0.25, -0.2) is 0 Å². The van der Waals surface area contributed by atoms with Crippen molar-refractivity contribution >= 4 is 11.7 Å². The molecule has 3 saturated carbocycles. The van der Waals surface area contributed by atoms with Gasteiger partial charge in [-0.15, -0.1) is 0 Å². The molecule has 0 aromatic rings. The summed E-state index contributed by atoms with van der Waals surface area (Å²) in [6.07, 6.45) is 5.34. The van der Waals surface area contributed by atoms with Crippen LogP contribution in [-0.4, -0.2) is 86.8 Å². The van der Waals surface area contributed by atoms with Crippen LogP contribution in [0, 0.1) is 22.7 Å². The molecule has 0 N–H and O–H groups in total. The van der Waals surface area contributed by atoms with Crippen molar-refractivity contribution in [2.75, 3.05) is 34.7 Å². The molecule has 10 atom stereocenters. The molecular weight excluding hydrogens is 426 g/mol. The van der Waals surface area contributed by atoms with E-state index in [1.54, 1.807) is 21.3 Å². The number of Topliss-reactive ketones (excluding diaryl/α,β-unsaturated/α-hetero) is 1. The Bertz CT molecular complexity index is 922. The maximum atomic E-state index is 14.6. The van der Waals surface area contributed by atoms with Crippen molar-refractivity contribution in [3.8, 4) is 0 Å². The molecule has 2 heterocycles. The summed E-state index contributed by atoms with van der Waals surface area (Å²) in [5, 5.41) is 0. The number of carbonyl (C=O) groups excluding carboxylic acids is 2. The van der Waals surface area contributed by atoms with Crippen LogP contribution in [0.3, 0.4) is 0 Å². The molecule has 2 aliphatic heterocycles. The number of methoxy groups -OCH3 is 3. The summed E-state index contributed by atoms with van der Waals surface area (Å²) in [6.45, 7) is 4.57. The van der Waals surface area contributed by atoms with Crippen molar-refractivity contribution in [3.05, 3.63) is 12.2 Å². The number of hydrogen-bond acceptors (Lipinski definition) is 7. The van der Waals surface area contributed by atoms with E-state index < -0.39 is 34.2 Å². The van der Waals surface area contributed by atoms with Gasteiger partial charge in [0, 0.05) is 52.6 Å². The number of hydrogen-bond donors (Lipinski definition) is 0. The number of carbonyl (C=O) groups is 2. The minimum Gasteiger partial charge on any atom is -0.381 e. The van der Waals surface area contributed by atoms with E-state index in [1.807, 2.05) is 18.7 Å². The van der Waals surface area contributed by atoms with E-state index >= 15 is 0 Å². The highest BCUT2D eigenvalue weighted by Gasteiger charge is 2.88. The molecule has 1 amide bonds. The zero-order valence-electron chi connectivity index (χ0n) is 20.2. The number of nitrogens with zero attached hydrogens (tertiary/aromatic N) is 1. The van der Waals surface area contributed by atoms with E-state index in [0.717, 1.165) is 0 Å². The van der Waals surface area contributed by atoms with Gasteiger partial charge in [0.2, 0.25) is 5.91 Å². The average molecular weight is 462 g/mol. The molecule has 0 aromatic heterocycles. The van der Waals surface area contributed by atoms with E-state index in [9.17, 15) is 9.59 Å². The zero-order chi connectivity index (χ0) is 23.4. The molecule has 0 radical (unpaired) electrons. The molecule has 0 aromatic carbocycles. The highest BCUT2D eigenvalue weighted by Crippen LogP contribution is 2.73. The third-order valence-electron chi connectivity index (χ3n) is 10.3. The van der Waals surface area contributed by atoms with Crippen molar-refractivity contribution in [2.45, 2.75) is 75.1 Å². The maximum absolute atomic E-state index is 14.6. The predicted octanol–water partition coefficient (Wildman–Crippen LogP) is 1.71. The SMILES string of the molecule is CCN1C(=O)[C@]2(C)CC[C@H](OC)[C@@]34C(=O)C[C@H]5C=C[C@@]6(C[C@@H]5OC)OCO[C@]6([C@@H](OC)[C@@H]32)[C@@H]14. The van der Waals surface area contributed by atoms with E-state index in [4.69, 9.17) is 23.7 Å². The van der Waals surface area contributed by atoms with Gasteiger partial charge in [-0.3, -0.25) is 9.59 Å². The van der Waals surface area contributed by atoms with Crippen LogP contribution in [0.1, 0.15) is 39.5 Å². The van der Waals surface area contributed by atoms with Gasteiger partial charge in [-0.05, 0) is 19.8 Å². The summed E-state index contributed by atoms with van der Waals surface area (Å²) >= 11 is 0. The summed E-state index contributed by atoms with van der Waals surface area (Å²) in [5.74, 6) is -0.191. The number of rotatable bonds is 4. The van der Waals surface area contributed by atoms with Crippen LogP contribution in [0.4, 0.5) is 0 Å². The van der Waals surface area contributed by atoms with Crippen LogP contribution >= 0.6 is 0 Å². The number of ether oxygens (including phenoxy) is 5. The lowest BCUT2D eigenvalue weighted by molar-refractivity contribution is -0.207. The molecule has 2 saturated heterocycles. The van der Waals surface area contributed by atoms with Gasteiger partial charge >= 0.3 is 0 Å². The van der Waals surface area contributed by atoms with Gasteiger partial charge < -0.3 is 28.6 Å². The minimum absolute atomic E-state index is 0.0544. The van der Waals surface area contributed by atoms with Gasteiger partial charge in [-0.2, -0.15) is 0 Å². The lowest BCUT2D eigenvalue weighted by Gasteiger charge is -2.61. The Balaban J connectivity index is 1.74. The van der Waals surface area contributed by atoms with Crippen LogP contribution in [0.5, 0.6) is 0 Å². The first-order chi connectivity index (χ1) is 15.8. The molecule has 8 heteroatoms. The van der Waals surface area contributed by atoms with Crippen molar-refractivity contribution in [2.24, 2.45) is 22.7 Å². The van der Waals surface area contributed by atoms with E-state index in [-0.39, 0.29) is 42.5 Å². The molecule has 3 spiro atoms. The van der Waals surface area contributed by atoms with E-state index in [2.05, 4.69) is 12.2 Å². The lowest BCUT2D eigenvalue weighted by Crippen LogP contribution is -2.75. The minimum atomic E-state index is -1.03. The van der Waals surface area contributed by atoms with Crippen LogP contribution in [-0.2, 0) is 33.3 Å². The molecule has 7 rings (SSSR count). The van der Waals surface area contributed by atoms with Crippen LogP contribution in [0.2, 0.25) is 0 Å².